The van der Waals surface area contributed by atoms with E-state index in [4.69, 9.17) is 16.6 Å². The molecule has 1 aromatic carbocycles. The van der Waals surface area contributed by atoms with Crippen LogP contribution in [0.2, 0.25) is 5.15 Å². The molecule has 0 aliphatic carbocycles. The van der Waals surface area contributed by atoms with Gasteiger partial charge in [-0.2, -0.15) is 11.8 Å². The number of halogens is 1. The van der Waals surface area contributed by atoms with Gasteiger partial charge in [-0.3, -0.25) is 4.98 Å². The first-order valence-electron chi connectivity index (χ1n) is 6.72. The Morgan fingerprint density at radius 3 is 2.86 bits per heavy atom. The molecule has 5 heteroatoms. The lowest BCUT2D eigenvalue weighted by molar-refractivity contribution is 1.07. The summed E-state index contributed by atoms with van der Waals surface area (Å²) in [4.78, 5) is 13.8. The molecule has 0 amide bonds. The minimum Gasteiger partial charge on any atom is -0.253 e. The van der Waals surface area contributed by atoms with Crippen LogP contribution >= 0.6 is 23.4 Å². The van der Waals surface area contributed by atoms with Crippen LogP contribution in [0, 0.1) is 6.92 Å². The Hall–Kier alpha value is -1.65. The number of aromatic nitrogens is 3. The van der Waals surface area contributed by atoms with Gasteiger partial charge in [-0.15, -0.1) is 0 Å². The monoisotopic (exact) mass is 313 g/mol. The third-order valence-corrected chi connectivity index (χ3v) is 4.90. The molecular weight excluding hydrogens is 302 g/mol. The van der Waals surface area contributed by atoms with Crippen LogP contribution in [-0.2, 0) is 11.5 Å². The summed E-state index contributed by atoms with van der Waals surface area (Å²) >= 11 is 8.16. The van der Waals surface area contributed by atoms with Crippen molar-refractivity contribution < 1.29 is 0 Å². The van der Waals surface area contributed by atoms with E-state index in [-0.39, 0.29) is 0 Å². The second-order valence-corrected chi connectivity index (χ2v) is 6.43. The van der Waals surface area contributed by atoms with E-state index in [1.807, 2.05) is 43.0 Å². The average Bonchev–Trinajstić information content (AvgIpc) is 2.95. The minimum absolute atomic E-state index is 0.582. The molecule has 0 bridgehead atoms. The van der Waals surface area contributed by atoms with Crippen LogP contribution in [0.4, 0.5) is 0 Å². The van der Waals surface area contributed by atoms with Crippen molar-refractivity contribution in [2.24, 2.45) is 0 Å². The van der Waals surface area contributed by atoms with Crippen molar-refractivity contribution in [3.05, 3.63) is 52.4 Å². The summed E-state index contributed by atoms with van der Waals surface area (Å²) in [6, 6.07) is 10.1. The van der Waals surface area contributed by atoms with Gasteiger partial charge in [0, 0.05) is 33.7 Å². The van der Waals surface area contributed by atoms with Gasteiger partial charge in [-0.1, -0.05) is 29.8 Å². The van der Waals surface area contributed by atoms with Crippen LogP contribution in [0.3, 0.4) is 0 Å². The van der Waals surface area contributed by atoms with Crippen LogP contribution in [0.15, 0.2) is 30.3 Å². The van der Waals surface area contributed by atoms with Crippen molar-refractivity contribution in [3.8, 4) is 11.4 Å². The lowest BCUT2D eigenvalue weighted by Gasteiger charge is -2.09. The van der Waals surface area contributed by atoms with Gasteiger partial charge in [0.15, 0.2) is 5.82 Å². The highest BCUT2D eigenvalue weighted by molar-refractivity contribution is 7.98. The quantitative estimate of drug-likeness (QED) is 0.624. The second kappa shape index (κ2) is 4.97. The number of para-hydroxylation sites is 1. The van der Waals surface area contributed by atoms with Crippen molar-refractivity contribution in [1.82, 2.24) is 15.0 Å². The molecule has 0 spiro atoms. The number of hydrogen-bond acceptors (Lipinski definition) is 4. The Labute approximate surface area is 131 Å². The lowest BCUT2D eigenvalue weighted by atomic mass is 10.1. The number of fused-ring (bicyclic) bond motifs is 2. The van der Waals surface area contributed by atoms with E-state index in [9.17, 15) is 0 Å². The molecule has 0 radical (unpaired) electrons. The molecular formula is C16H12ClN3S. The third kappa shape index (κ3) is 2.19. The summed E-state index contributed by atoms with van der Waals surface area (Å²) in [6.45, 7) is 1.99. The number of benzene rings is 1. The number of rotatable bonds is 1. The first-order valence-corrected chi connectivity index (χ1v) is 8.25. The molecule has 1 aliphatic heterocycles. The summed E-state index contributed by atoms with van der Waals surface area (Å²) < 4.78 is 0. The van der Waals surface area contributed by atoms with Crippen molar-refractivity contribution in [2.75, 3.05) is 0 Å². The molecule has 0 saturated heterocycles. The third-order valence-electron chi connectivity index (χ3n) is 3.61. The molecule has 3 aromatic rings. The normalized spacial score (nSPS) is 13.6. The Kier molecular flexibility index (Phi) is 3.08. The van der Waals surface area contributed by atoms with Crippen LogP contribution in [0.25, 0.3) is 22.3 Å². The van der Waals surface area contributed by atoms with Crippen LogP contribution < -0.4 is 0 Å². The Balaban J connectivity index is 2.01. The number of nitrogens with zero attached hydrogens (tertiary/aromatic N) is 3. The van der Waals surface area contributed by atoms with E-state index in [2.05, 4.69) is 16.0 Å². The molecule has 3 heterocycles. The van der Waals surface area contributed by atoms with E-state index in [1.165, 1.54) is 0 Å². The number of pyridine rings is 1. The SMILES string of the molecule is Cc1cc(-c2nc(Cl)c3c(n2)CSC3)c2ccccc2n1. The van der Waals surface area contributed by atoms with Crippen molar-refractivity contribution >= 4 is 34.3 Å². The molecule has 104 valence electrons. The lowest BCUT2D eigenvalue weighted by Crippen LogP contribution is -1.99. The highest BCUT2D eigenvalue weighted by Gasteiger charge is 2.20. The molecule has 0 N–H and O–H groups in total. The van der Waals surface area contributed by atoms with Gasteiger partial charge in [0.2, 0.25) is 0 Å². The fraction of sp³-hybridized carbons (Fsp3) is 0.188. The van der Waals surface area contributed by atoms with E-state index in [0.29, 0.717) is 11.0 Å². The van der Waals surface area contributed by atoms with Gasteiger partial charge >= 0.3 is 0 Å². The largest absolute Gasteiger partial charge is 0.253 e. The number of thioether (sulfide) groups is 1. The molecule has 0 fully saturated rings. The maximum Gasteiger partial charge on any atom is 0.161 e. The van der Waals surface area contributed by atoms with Crippen LogP contribution in [-0.4, -0.2) is 15.0 Å². The second-order valence-electron chi connectivity index (χ2n) is 5.08. The average molecular weight is 314 g/mol. The van der Waals surface area contributed by atoms with Crippen molar-refractivity contribution in [3.63, 3.8) is 0 Å². The zero-order chi connectivity index (χ0) is 14.4. The van der Waals surface area contributed by atoms with Gasteiger partial charge in [-0.25, -0.2) is 9.97 Å². The highest BCUT2D eigenvalue weighted by atomic mass is 35.5. The predicted molar refractivity (Wildman–Crippen MR) is 87.5 cm³/mol. The smallest absolute Gasteiger partial charge is 0.161 e. The molecule has 0 unspecified atom stereocenters. The fourth-order valence-electron chi connectivity index (χ4n) is 2.63. The molecule has 3 nitrogen and oxygen atoms in total. The summed E-state index contributed by atoms with van der Waals surface area (Å²) in [5.41, 5.74) is 5.06. The van der Waals surface area contributed by atoms with Crippen LogP contribution in [0.1, 0.15) is 17.0 Å². The van der Waals surface area contributed by atoms with E-state index >= 15 is 0 Å². The van der Waals surface area contributed by atoms with Gasteiger partial charge in [-0.05, 0) is 19.1 Å². The van der Waals surface area contributed by atoms with Gasteiger partial charge < -0.3 is 0 Å². The molecule has 4 rings (SSSR count). The maximum atomic E-state index is 6.34. The minimum atomic E-state index is 0.582. The van der Waals surface area contributed by atoms with E-state index in [0.717, 1.165) is 44.9 Å². The van der Waals surface area contributed by atoms with Gasteiger partial charge in [0.1, 0.15) is 5.15 Å². The molecule has 2 aromatic heterocycles. The Morgan fingerprint density at radius 1 is 1.10 bits per heavy atom. The molecule has 0 saturated carbocycles. The summed E-state index contributed by atoms with van der Waals surface area (Å²) in [6.07, 6.45) is 0. The zero-order valence-electron chi connectivity index (χ0n) is 11.4. The molecule has 0 atom stereocenters. The maximum absolute atomic E-state index is 6.34. The van der Waals surface area contributed by atoms with E-state index < -0.39 is 0 Å². The first-order chi connectivity index (χ1) is 10.2. The highest BCUT2D eigenvalue weighted by Crippen LogP contribution is 2.35. The Bertz CT molecular complexity index is 864. The molecule has 1 aliphatic rings. The van der Waals surface area contributed by atoms with Gasteiger partial charge in [0.25, 0.3) is 0 Å². The van der Waals surface area contributed by atoms with Gasteiger partial charge in [0.05, 0.1) is 11.2 Å². The fourth-order valence-corrected chi connectivity index (χ4v) is 4.00. The standard InChI is InChI=1S/C16H12ClN3S/c1-9-6-11(10-4-2-3-5-13(10)18-9)16-19-14-8-21-7-12(14)15(17)20-16/h2-6H,7-8H2,1H3. The predicted octanol–water partition coefficient (Wildman–Crippen LogP) is 4.40. The van der Waals surface area contributed by atoms with Crippen molar-refractivity contribution in [2.45, 2.75) is 18.4 Å². The van der Waals surface area contributed by atoms with Crippen molar-refractivity contribution in [1.29, 1.82) is 0 Å². The first kappa shape index (κ1) is 13.0. The number of hydrogen-bond donors (Lipinski definition) is 0. The number of aryl methyl sites for hydroxylation is 1. The summed E-state index contributed by atoms with van der Waals surface area (Å²) in [5.74, 6) is 2.51. The molecule has 21 heavy (non-hydrogen) atoms. The topological polar surface area (TPSA) is 38.7 Å². The van der Waals surface area contributed by atoms with E-state index in [1.54, 1.807) is 0 Å². The Morgan fingerprint density at radius 2 is 1.95 bits per heavy atom. The summed E-state index contributed by atoms with van der Waals surface area (Å²) in [5, 5.41) is 1.64. The zero-order valence-corrected chi connectivity index (χ0v) is 13.0. The summed E-state index contributed by atoms with van der Waals surface area (Å²) in [7, 11) is 0. The van der Waals surface area contributed by atoms with Crippen LogP contribution in [0.5, 0.6) is 0 Å².